The third kappa shape index (κ3) is 2.98. The van der Waals surface area contributed by atoms with Gasteiger partial charge in [0.05, 0.1) is 5.69 Å². The summed E-state index contributed by atoms with van der Waals surface area (Å²) in [6, 6.07) is 9.46. The second-order valence-corrected chi connectivity index (χ2v) is 4.68. The van der Waals surface area contributed by atoms with Crippen LogP contribution in [0.3, 0.4) is 0 Å². The van der Waals surface area contributed by atoms with Gasteiger partial charge in [-0.3, -0.25) is 4.79 Å². The topological polar surface area (TPSA) is 33.2 Å². The first-order chi connectivity index (χ1) is 9.13. The van der Waals surface area contributed by atoms with E-state index >= 15 is 0 Å². The summed E-state index contributed by atoms with van der Waals surface area (Å²) in [7, 11) is 0. The Balaban J connectivity index is 2.38. The summed E-state index contributed by atoms with van der Waals surface area (Å²) in [5.74, 6) is -0.665. The van der Waals surface area contributed by atoms with E-state index in [0.29, 0.717) is 16.7 Å². The van der Waals surface area contributed by atoms with E-state index < -0.39 is 5.82 Å². The first kappa shape index (κ1) is 13.7. The molecule has 0 atom stereocenters. The molecule has 1 aromatic carbocycles. The van der Waals surface area contributed by atoms with E-state index in [0.717, 1.165) is 0 Å². The Hall–Kier alpha value is -1.75. The number of benzene rings is 1. The number of aromatic nitrogens is 1. The number of hydrogen-bond acceptors (Lipinski definition) is 2. The molecule has 0 saturated carbocycles. The molecule has 19 heavy (non-hydrogen) atoms. The van der Waals surface area contributed by atoms with Crippen LogP contribution in [0, 0.1) is 5.82 Å². The first-order valence-electron chi connectivity index (χ1n) is 5.81. The molecule has 0 aliphatic heterocycles. The van der Waals surface area contributed by atoms with Gasteiger partial charge in [-0.25, -0.2) is 9.37 Å². The standard InChI is InChI=1S/C14H12BrFN2O/c1-2-18(12-6-4-3-5-11(12)16)14(19)10-7-8-17-13(15)9-10/h3-9H,2H2,1H3. The minimum absolute atomic E-state index is 0.254. The fourth-order valence-electron chi connectivity index (χ4n) is 1.79. The van der Waals surface area contributed by atoms with E-state index in [1.165, 1.54) is 17.2 Å². The van der Waals surface area contributed by atoms with Crippen LogP contribution in [0.2, 0.25) is 0 Å². The monoisotopic (exact) mass is 322 g/mol. The van der Waals surface area contributed by atoms with Crippen molar-refractivity contribution >= 4 is 27.5 Å². The van der Waals surface area contributed by atoms with Crippen LogP contribution in [0.1, 0.15) is 17.3 Å². The number of amides is 1. The zero-order valence-corrected chi connectivity index (χ0v) is 11.9. The molecule has 0 radical (unpaired) electrons. The molecule has 0 unspecified atom stereocenters. The molecule has 0 N–H and O–H groups in total. The van der Waals surface area contributed by atoms with E-state index in [1.54, 1.807) is 37.3 Å². The highest BCUT2D eigenvalue weighted by atomic mass is 79.9. The van der Waals surface area contributed by atoms with E-state index in [2.05, 4.69) is 20.9 Å². The summed E-state index contributed by atoms with van der Waals surface area (Å²) in [5, 5.41) is 0. The molecule has 0 saturated heterocycles. The van der Waals surface area contributed by atoms with Gasteiger partial charge in [0.25, 0.3) is 5.91 Å². The van der Waals surface area contributed by atoms with Gasteiger partial charge in [-0.15, -0.1) is 0 Å². The SMILES string of the molecule is CCN(C(=O)c1ccnc(Br)c1)c1ccccc1F. The number of hydrogen-bond donors (Lipinski definition) is 0. The fraction of sp³-hybridized carbons (Fsp3) is 0.143. The van der Waals surface area contributed by atoms with Crippen molar-refractivity contribution in [3.05, 3.63) is 58.6 Å². The molecule has 1 amide bonds. The van der Waals surface area contributed by atoms with E-state index in [1.807, 2.05) is 0 Å². The predicted octanol–water partition coefficient (Wildman–Crippen LogP) is 3.65. The Morgan fingerprint density at radius 3 is 2.74 bits per heavy atom. The number of halogens is 2. The zero-order valence-electron chi connectivity index (χ0n) is 10.3. The highest BCUT2D eigenvalue weighted by Gasteiger charge is 2.18. The van der Waals surface area contributed by atoms with Gasteiger partial charge in [0.1, 0.15) is 10.4 Å². The van der Waals surface area contributed by atoms with Gasteiger partial charge >= 0.3 is 0 Å². The number of nitrogens with zero attached hydrogens (tertiary/aromatic N) is 2. The van der Waals surface area contributed by atoms with Crippen LogP contribution < -0.4 is 4.90 Å². The lowest BCUT2D eigenvalue weighted by molar-refractivity contribution is 0.0987. The highest BCUT2D eigenvalue weighted by Crippen LogP contribution is 2.21. The fourth-order valence-corrected chi connectivity index (χ4v) is 2.15. The van der Waals surface area contributed by atoms with Gasteiger partial charge in [0, 0.05) is 18.3 Å². The van der Waals surface area contributed by atoms with Crippen molar-refractivity contribution in [2.45, 2.75) is 6.92 Å². The number of carbonyl (C=O) groups excluding carboxylic acids is 1. The summed E-state index contributed by atoms with van der Waals surface area (Å²) in [6.45, 7) is 2.19. The quantitative estimate of drug-likeness (QED) is 0.808. The second kappa shape index (κ2) is 5.93. The van der Waals surface area contributed by atoms with Gasteiger partial charge in [-0.1, -0.05) is 12.1 Å². The normalized spacial score (nSPS) is 10.3. The number of anilines is 1. The minimum atomic E-state index is -0.411. The number of pyridine rings is 1. The lowest BCUT2D eigenvalue weighted by atomic mass is 10.2. The first-order valence-corrected chi connectivity index (χ1v) is 6.60. The van der Waals surface area contributed by atoms with Crippen molar-refractivity contribution in [3.63, 3.8) is 0 Å². The molecule has 1 heterocycles. The summed E-state index contributed by atoms with van der Waals surface area (Å²) >= 11 is 3.22. The summed E-state index contributed by atoms with van der Waals surface area (Å²) in [5.41, 5.74) is 0.745. The summed E-state index contributed by atoms with van der Waals surface area (Å²) in [6.07, 6.45) is 1.53. The molecule has 0 spiro atoms. The molecular weight excluding hydrogens is 311 g/mol. The van der Waals surface area contributed by atoms with E-state index in [9.17, 15) is 9.18 Å². The van der Waals surface area contributed by atoms with Gasteiger partial charge in [0.15, 0.2) is 0 Å². The maximum absolute atomic E-state index is 13.8. The molecular formula is C14H12BrFN2O. The van der Waals surface area contributed by atoms with E-state index in [4.69, 9.17) is 0 Å². The molecule has 3 nitrogen and oxygen atoms in total. The molecule has 0 aliphatic carbocycles. The van der Waals surface area contributed by atoms with Gasteiger partial charge in [-0.05, 0) is 47.1 Å². The zero-order chi connectivity index (χ0) is 13.8. The van der Waals surface area contributed by atoms with Crippen LogP contribution in [0.4, 0.5) is 10.1 Å². The molecule has 0 fully saturated rings. The third-order valence-corrected chi connectivity index (χ3v) is 3.11. The smallest absolute Gasteiger partial charge is 0.258 e. The van der Waals surface area contributed by atoms with E-state index in [-0.39, 0.29) is 11.6 Å². The Labute approximate surface area is 119 Å². The Kier molecular flexibility index (Phi) is 4.27. The lowest BCUT2D eigenvalue weighted by Gasteiger charge is -2.21. The minimum Gasteiger partial charge on any atom is -0.306 e. The Morgan fingerprint density at radius 2 is 2.11 bits per heavy atom. The van der Waals surface area contributed by atoms with Crippen LogP contribution in [0.15, 0.2) is 47.2 Å². The molecule has 2 rings (SSSR count). The second-order valence-electron chi connectivity index (χ2n) is 3.87. The molecule has 2 aromatic rings. The average Bonchev–Trinajstić information content (AvgIpc) is 2.41. The van der Waals surface area contributed by atoms with Crippen LogP contribution in [0.25, 0.3) is 0 Å². The molecule has 0 aliphatic rings. The van der Waals surface area contributed by atoms with Crippen molar-refractivity contribution < 1.29 is 9.18 Å². The molecule has 98 valence electrons. The summed E-state index contributed by atoms with van der Waals surface area (Å²) < 4.78 is 14.3. The highest BCUT2D eigenvalue weighted by molar-refractivity contribution is 9.10. The predicted molar refractivity (Wildman–Crippen MR) is 75.7 cm³/mol. The van der Waals surface area contributed by atoms with Gasteiger partial charge in [0.2, 0.25) is 0 Å². The van der Waals surface area contributed by atoms with Crippen molar-refractivity contribution in [3.8, 4) is 0 Å². The number of para-hydroxylation sites is 1. The van der Waals surface area contributed by atoms with Crippen molar-refractivity contribution in [2.75, 3.05) is 11.4 Å². The lowest BCUT2D eigenvalue weighted by Crippen LogP contribution is -2.31. The average molecular weight is 323 g/mol. The molecule has 0 bridgehead atoms. The van der Waals surface area contributed by atoms with Crippen LogP contribution >= 0.6 is 15.9 Å². The van der Waals surface area contributed by atoms with Crippen molar-refractivity contribution in [2.24, 2.45) is 0 Å². The van der Waals surface area contributed by atoms with Crippen molar-refractivity contribution in [1.29, 1.82) is 0 Å². The van der Waals surface area contributed by atoms with Crippen LogP contribution in [-0.2, 0) is 0 Å². The number of carbonyl (C=O) groups is 1. The number of rotatable bonds is 3. The maximum atomic E-state index is 13.8. The Morgan fingerprint density at radius 1 is 1.37 bits per heavy atom. The Bertz CT molecular complexity index is 604. The van der Waals surface area contributed by atoms with Crippen molar-refractivity contribution in [1.82, 2.24) is 4.98 Å². The van der Waals surface area contributed by atoms with Crippen LogP contribution in [-0.4, -0.2) is 17.4 Å². The van der Waals surface area contributed by atoms with Crippen LogP contribution in [0.5, 0.6) is 0 Å². The largest absolute Gasteiger partial charge is 0.306 e. The third-order valence-electron chi connectivity index (χ3n) is 2.68. The van der Waals surface area contributed by atoms with Gasteiger partial charge < -0.3 is 4.90 Å². The molecule has 5 heteroatoms. The van der Waals surface area contributed by atoms with Gasteiger partial charge in [-0.2, -0.15) is 0 Å². The molecule has 1 aromatic heterocycles. The summed E-state index contributed by atoms with van der Waals surface area (Å²) in [4.78, 5) is 17.8. The maximum Gasteiger partial charge on any atom is 0.258 e.